The summed E-state index contributed by atoms with van der Waals surface area (Å²) in [4.78, 5) is 0. The van der Waals surface area contributed by atoms with E-state index in [9.17, 15) is 5.11 Å². The largest absolute Gasteiger partial charge is 0.497 e. The van der Waals surface area contributed by atoms with Gasteiger partial charge in [-0.25, -0.2) is 0 Å². The van der Waals surface area contributed by atoms with E-state index in [0.717, 1.165) is 37.3 Å². The molecule has 3 heteroatoms. The number of rotatable bonds is 3. The summed E-state index contributed by atoms with van der Waals surface area (Å²) in [6.07, 6.45) is 2.72. The van der Waals surface area contributed by atoms with Crippen LogP contribution < -0.4 is 4.74 Å². The highest BCUT2D eigenvalue weighted by molar-refractivity contribution is 5.87. The molecule has 1 aromatic carbocycles. The first-order valence-corrected chi connectivity index (χ1v) is 7.92. The maximum absolute atomic E-state index is 11.0. The Morgan fingerprint density at radius 1 is 1.33 bits per heavy atom. The lowest BCUT2D eigenvalue weighted by atomic mass is 9.71. The Morgan fingerprint density at radius 3 is 2.67 bits per heavy atom. The van der Waals surface area contributed by atoms with Crippen LogP contribution in [0.5, 0.6) is 5.75 Å². The Bertz CT molecular complexity index is 667. The highest BCUT2D eigenvalue weighted by Gasteiger charge is 2.41. The predicted molar refractivity (Wildman–Crippen MR) is 85.8 cm³/mol. The standard InChI is InChI=1S/C18H25NO2/c1-5-18(6-2)9-10-19-15-8-7-13(21-4)11-14(15)12(3)16(19)17(18)20/h7-8,11,17,20H,5-6,9-10H2,1-4H3. The number of hydrogen-bond acceptors (Lipinski definition) is 2. The highest BCUT2D eigenvalue weighted by atomic mass is 16.5. The lowest BCUT2D eigenvalue weighted by Gasteiger charge is -2.41. The van der Waals surface area contributed by atoms with Gasteiger partial charge in [0.15, 0.2) is 0 Å². The first kappa shape index (κ1) is 14.5. The van der Waals surface area contributed by atoms with Crippen LogP contribution >= 0.6 is 0 Å². The molecule has 2 aromatic rings. The Balaban J connectivity index is 2.22. The van der Waals surface area contributed by atoms with Gasteiger partial charge in [0.2, 0.25) is 0 Å². The molecular formula is C18H25NO2. The van der Waals surface area contributed by atoms with Gasteiger partial charge in [0.05, 0.1) is 18.9 Å². The minimum atomic E-state index is -0.375. The van der Waals surface area contributed by atoms with E-state index in [-0.39, 0.29) is 11.5 Å². The molecule has 1 aliphatic heterocycles. The minimum absolute atomic E-state index is 0.0270. The third-order valence-corrected chi connectivity index (χ3v) is 5.65. The average Bonchev–Trinajstić information content (AvgIpc) is 2.81. The van der Waals surface area contributed by atoms with Crippen LogP contribution in [0.2, 0.25) is 0 Å². The Morgan fingerprint density at radius 2 is 2.05 bits per heavy atom. The Hall–Kier alpha value is -1.48. The van der Waals surface area contributed by atoms with Gasteiger partial charge in [0.1, 0.15) is 5.75 Å². The molecule has 0 bridgehead atoms. The topological polar surface area (TPSA) is 34.4 Å². The smallest absolute Gasteiger partial charge is 0.119 e. The van der Waals surface area contributed by atoms with Gasteiger partial charge in [-0.3, -0.25) is 0 Å². The third-order valence-electron chi connectivity index (χ3n) is 5.65. The summed E-state index contributed by atoms with van der Waals surface area (Å²) in [5.74, 6) is 0.875. The number of fused-ring (bicyclic) bond motifs is 3. The second kappa shape index (κ2) is 5.06. The van der Waals surface area contributed by atoms with Crippen molar-refractivity contribution in [2.45, 2.75) is 52.7 Å². The molecule has 2 heterocycles. The Kier molecular flexibility index (Phi) is 3.48. The number of nitrogens with zero attached hydrogens (tertiary/aromatic N) is 1. The summed E-state index contributed by atoms with van der Waals surface area (Å²) in [5, 5.41) is 12.2. The van der Waals surface area contributed by atoms with Crippen LogP contribution in [0.3, 0.4) is 0 Å². The molecule has 1 aliphatic rings. The molecule has 1 unspecified atom stereocenters. The summed E-state index contributed by atoms with van der Waals surface area (Å²) in [6, 6.07) is 6.20. The van der Waals surface area contributed by atoms with Gasteiger partial charge in [-0.1, -0.05) is 13.8 Å². The van der Waals surface area contributed by atoms with Crippen LogP contribution in [0, 0.1) is 12.3 Å². The van der Waals surface area contributed by atoms with Gasteiger partial charge in [-0.15, -0.1) is 0 Å². The number of aromatic nitrogens is 1. The van der Waals surface area contributed by atoms with E-state index in [0.29, 0.717) is 0 Å². The molecule has 0 saturated heterocycles. The minimum Gasteiger partial charge on any atom is -0.497 e. The number of ether oxygens (including phenoxy) is 1. The lowest BCUT2D eigenvalue weighted by Crippen LogP contribution is -2.35. The van der Waals surface area contributed by atoms with Gasteiger partial charge in [0, 0.05) is 22.9 Å². The van der Waals surface area contributed by atoms with E-state index in [1.807, 2.05) is 6.07 Å². The quantitative estimate of drug-likeness (QED) is 0.918. The van der Waals surface area contributed by atoms with Crippen molar-refractivity contribution in [2.24, 2.45) is 5.41 Å². The van der Waals surface area contributed by atoms with E-state index in [1.165, 1.54) is 16.5 Å². The zero-order chi connectivity index (χ0) is 15.2. The molecule has 1 aromatic heterocycles. The van der Waals surface area contributed by atoms with Crippen LogP contribution in [0.4, 0.5) is 0 Å². The Labute approximate surface area is 126 Å². The van der Waals surface area contributed by atoms with Crippen LogP contribution in [0.25, 0.3) is 10.9 Å². The monoisotopic (exact) mass is 287 g/mol. The molecule has 3 nitrogen and oxygen atoms in total. The maximum Gasteiger partial charge on any atom is 0.119 e. The molecule has 0 fully saturated rings. The van der Waals surface area contributed by atoms with Crippen molar-refractivity contribution in [1.29, 1.82) is 0 Å². The molecule has 1 atom stereocenters. The van der Waals surface area contributed by atoms with Gasteiger partial charge < -0.3 is 14.4 Å². The molecule has 0 aliphatic carbocycles. The summed E-state index contributed by atoms with van der Waals surface area (Å²) in [7, 11) is 1.69. The lowest BCUT2D eigenvalue weighted by molar-refractivity contribution is -0.0144. The van der Waals surface area contributed by atoms with Crippen molar-refractivity contribution in [2.75, 3.05) is 7.11 Å². The van der Waals surface area contributed by atoms with Crippen molar-refractivity contribution in [3.05, 3.63) is 29.5 Å². The van der Waals surface area contributed by atoms with E-state index in [1.54, 1.807) is 7.11 Å². The molecular weight excluding hydrogens is 262 g/mol. The zero-order valence-corrected chi connectivity index (χ0v) is 13.4. The summed E-state index contributed by atoms with van der Waals surface area (Å²) >= 11 is 0. The van der Waals surface area contributed by atoms with Crippen molar-refractivity contribution in [3.63, 3.8) is 0 Å². The van der Waals surface area contributed by atoms with Crippen LogP contribution in [0.1, 0.15) is 50.5 Å². The average molecular weight is 287 g/mol. The van der Waals surface area contributed by atoms with Crippen LogP contribution in [-0.2, 0) is 6.54 Å². The fraction of sp³-hybridized carbons (Fsp3) is 0.556. The summed E-state index contributed by atoms with van der Waals surface area (Å²) < 4.78 is 7.65. The number of hydrogen-bond donors (Lipinski definition) is 1. The van der Waals surface area contributed by atoms with Crippen LogP contribution in [-0.4, -0.2) is 16.8 Å². The zero-order valence-electron chi connectivity index (χ0n) is 13.4. The molecule has 3 rings (SSSR count). The normalized spacial score (nSPS) is 20.5. The molecule has 0 saturated carbocycles. The van der Waals surface area contributed by atoms with Crippen molar-refractivity contribution in [1.82, 2.24) is 4.57 Å². The molecule has 21 heavy (non-hydrogen) atoms. The van der Waals surface area contributed by atoms with E-state index < -0.39 is 0 Å². The second-order valence-corrected chi connectivity index (χ2v) is 6.27. The fourth-order valence-corrected chi connectivity index (χ4v) is 3.99. The highest BCUT2D eigenvalue weighted by Crippen LogP contribution is 2.49. The van der Waals surface area contributed by atoms with Crippen molar-refractivity contribution in [3.8, 4) is 5.75 Å². The fourth-order valence-electron chi connectivity index (χ4n) is 3.99. The number of aliphatic hydroxyl groups excluding tert-OH is 1. The number of aliphatic hydroxyl groups is 1. The van der Waals surface area contributed by atoms with E-state index >= 15 is 0 Å². The van der Waals surface area contributed by atoms with E-state index in [4.69, 9.17) is 4.74 Å². The van der Waals surface area contributed by atoms with Crippen molar-refractivity contribution < 1.29 is 9.84 Å². The summed E-state index contributed by atoms with van der Waals surface area (Å²) in [6.45, 7) is 7.51. The van der Waals surface area contributed by atoms with E-state index in [2.05, 4.69) is 37.5 Å². The third kappa shape index (κ3) is 1.90. The molecule has 0 amide bonds. The van der Waals surface area contributed by atoms with Crippen LogP contribution in [0.15, 0.2) is 18.2 Å². The predicted octanol–water partition coefficient (Wildman–Crippen LogP) is 4.20. The molecule has 0 spiro atoms. The SMILES string of the molecule is CCC1(CC)CCn2c(c(C)c3cc(OC)ccc32)C1O. The number of methoxy groups -OCH3 is 1. The number of aryl methyl sites for hydroxylation is 2. The first-order chi connectivity index (χ1) is 10.1. The number of benzene rings is 1. The van der Waals surface area contributed by atoms with Gasteiger partial charge in [0.25, 0.3) is 0 Å². The molecule has 114 valence electrons. The molecule has 1 N–H and O–H groups in total. The van der Waals surface area contributed by atoms with Gasteiger partial charge in [-0.05, 0) is 49.9 Å². The molecule has 0 radical (unpaired) electrons. The van der Waals surface area contributed by atoms with Gasteiger partial charge >= 0.3 is 0 Å². The second-order valence-electron chi connectivity index (χ2n) is 6.27. The summed E-state index contributed by atoms with van der Waals surface area (Å²) in [5.41, 5.74) is 3.54. The van der Waals surface area contributed by atoms with Gasteiger partial charge in [-0.2, -0.15) is 0 Å². The first-order valence-electron chi connectivity index (χ1n) is 7.92. The maximum atomic E-state index is 11.0. The van der Waals surface area contributed by atoms with Crippen molar-refractivity contribution >= 4 is 10.9 Å².